The monoisotopic (exact) mass is 385 g/mol. The van der Waals surface area contributed by atoms with Gasteiger partial charge in [0, 0.05) is 30.3 Å². The Hall–Kier alpha value is -1.69. The van der Waals surface area contributed by atoms with Gasteiger partial charge in [0.15, 0.2) is 5.82 Å². The number of aromatic nitrogens is 2. The molecule has 1 aliphatic heterocycles. The Morgan fingerprint density at radius 2 is 2.11 bits per heavy atom. The Morgan fingerprint density at radius 3 is 2.85 bits per heavy atom. The third-order valence-electron chi connectivity index (χ3n) is 6.56. The zero-order valence-electron chi connectivity index (χ0n) is 15.7. The largest absolute Gasteiger partial charge is 0.342 e. The summed E-state index contributed by atoms with van der Waals surface area (Å²) in [6.45, 7) is 1.71. The minimum absolute atomic E-state index is 0.264. The Kier molecular flexibility index (Phi) is 4.54. The van der Waals surface area contributed by atoms with Crippen LogP contribution in [0.15, 0.2) is 22.0 Å². The number of nitrogens with zero attached hydrogens (tertiary/aromatic N) is 3. The lowest BCUT2D eigenvalue weighted by atomic mass is 9.81. The number of thiophene rings is 1. The van der Waals surface area contributed by atoms with E-state index in [0.29, 0.717) is 17.7 Å². The SMILES string of the molecule is O=C(N1CCC[C@H](Cc2nc(C3CC3)no2)C1)C1(c2cccs2)CCCC1. The van der Waals surface area contributed by atoms with Crippen LogP contribution in [-0.2, 0) is 16.6 Å². The average Bonchev–Trinajstić information content (AvgIpc) is 3.12. The van der Waals surface area contributed by atoms with Gasteiger partial charge in [0.1, 0.15) is 0 Å². The van der Waals surface area contributed by atoms with Crippen molar-refractivity contribution >= 4 is 17.2 Å². The molecule has 5 nitrogen and oxygen atoms in total. The number of carbonyl (C=O) groups excluding carboxylic acids is 1. The van der Waals surface area contributed by atoms with Gasteiger partial charge in [-0.25, -0.2) is 0 Å². The van der Waals surface area contributed by atoms with Gasteiger partial charge >= 0.3 is 0 Å². The number of piperidine rings is 1. The first-order chi connectivity index (χ1) is 13.2. The van der Waals surface area contributed by atoms with Crippen LogP contribution in [0, 0.1) is 5.92 Å². The fourth-order valence-electron chi connectivity index (χ4n) is 4.92. The van der Waals surface area contributed by atoms with E-state index in [1.807, 2.05) is 0 Å². The van der Waals surface area contributed by atoms with Crippen LogP contribution in [0.3, 0.4) is 0 Å². The highest BCUT2D eigenvalue weighted by molar-refractivity contribution is 7.10. The smallest absolute Gasteiger partial charge is 0.234 e. The number of carbonyl (C=O) groups is 1. The lowest BCUT2D eigenvalue weighted by Gasteiger charge is -2.38. The first kappa shape index (κ1) is 17.4. The lowest BCUT2D eigenvalue weighted by molar-refractivity contribution is -0.139. The van der Waals surface area contributed by atoms with E-state index < -0.39 is 0 Å². The Bertz CT molecular complexity index is 790. The van der Waals surface area contributed by atoms with E-state index in [-0.39, 0.29) is 5.41 Å². The molecule has 0 aromatic carbocycles. The number of hydrogen-bond acceptors (Lipinski definition) is 5. The molecule has 0 spiro atoms. The standard InChI is InChI=1S/C21H27N3O2S/c25-20(21(9-1-2-10-21)17-6-4-12-27-17)24-11-3-5-15(14-24)13-18-22-19(23-26-18)16-7-8-16/h4,6,12,15-16H,1-3,5,7-11,13-14H2/t15-/m1/s1. The van der Waals surface area contributed by atoms with Crippen LogP contribution in [0.5, 0.6) is 0 Å². The normalized spacial score (nSPS) is 25.0. The molecule has 5 rings (SSSR count). The molecule has 1 atom stereocenters. The molecule has 3 aliphatic rings. The van der Waals surface area contributed by atoms with E-state index >= 15 is 0 Å². The first-order valence-electron chi connectivity index (χ1n) is 10.4. The highest BCUT2D eigenvalue weighted by atomic mass is 32.1. The van der Waals surface area contributed by atoms with Crippen LogP contribution in [0.2, 0.25) is 0 Å². The van der Waals surface area contributed by atoms with E-state index in [4.69, 9.17) is 4.52 Å². The summed E-state index contributed by atoms with van der Waals surface area (Å²) < 4.78 is 5.48. The molecule has 144 valence electrons. The molecule has 1 amide bonds. The predicted molar refractivity (Wildman–Crippen MR) is 104 cm³/mol. The topological polar surface area (TPSA) is 59.2 Å². The summed E-state index contributed by atoms with van der Waals surface area (Å²) in [6, 6.07) is 4.24. The zero-order chi connectivity index (χ0) is 18.3. The molecule has 0 radical (unpaired) electrons. The van der Waals surface area contributed by atoms with Crippen LogP contribution >= 0.6 is 11.3 Å². The number of rotatable bonds is 5. The third-order valence-corrected chi connectivity index (χ3v) is 7.63. The molecule has 2 aliphatic carbocycles. The van der Waals surface area contributed by atoms with Crippen LogP contribution in [0.1, 0.15) is 73.9 Å². The van der Waals surface area contributed by atoms with E-state index in [2.05, 4.69) is 32.6 Å². The minimum Gasteiger partial charge on any atom is -0.342 e. The van der Waals surface area contributed by atoms with Crippen molar-refractivity contribution in [2.24, 2.45) is 5.92 Å². The second-order valence-electron chi connectivity index (χ2n) is 8.55. The van der Waals surface area contributed by atoms with Crippen LogP contribution in [0.4, 0.5) is 0 Å². The van der Waals surface area contributed by atoms with E-state index in [9.17, 15) is 4.79 Å². The molecule has 2 saturated carbocycles. The van der Waals surface area contributed by atoms with Crippen molar-refractivity contribution in [1.29, 1.82) is 0 Å². The second-order valence-corrected chi connectivity index (χ2v) is 9.50. The van der Waals surface area contributed by atoms with Crippen molar-refractivity contribution in [1.82, 2.24) is 15.0 Å². The maximum atomic E-state index is 13.6. The molecule has 3 heterocycles. The Balaban J connectivity index is 1.29. The zero-order valence-corrected chi connectivity index (χ0v) is 16.5. The molecular weight excluding hydrogens is 358 g/mol. The van der Waals surface area contributed by atoms with Crippen LogP contribution in [-0.4, -0.2) is 34.0 Å². The quantitative estimate of drug-likeness (QED) is 0.770. The van der Waals surface area contributed by atoms with Gasteiger partial charge in [-0.1, -0.05) is 24.1 Å². The summed E-state index contributed by atoms with van der Waals surface area (Å²) in [4.78, 5) is 21.6. The molecule has 6 heteroatoms. The first-order valence-corrected chi connectivity index (χ1v) is 11.3. The van der Waals surface area contributed by atoms with Crippen molar-refractivity contribution in [2.45, 2.75) is 69.1 Å². The third kappa shape index (κ3) is 3.33. The fraction of sp³-hybridized carbons (Fsp3) is 0.667. The maximum absolute atomic E-state index is 13.6. The van der Waals surface area contributed by atoms with Gasteiger partial charge in [0.05, 0.1) is 5.41 Å². The van der Waals surface area contributed by atoms with Crippen LogP contribution in [0.25, 0.3) is 0 Å². The number of likely N-dealkylation sites (tertiary alicyclic amines) is 1. The molecule has 1 saturated heterocycles. The minimum atomic E-state index is -0.264. The number of amides is 1. The van der Waals surface area contributed by atoms with Gasteiger partial charge in [0.25, 0.3) is 0 Å². The van der Waals surface area contributed by atoms with Gasteiger partial charge in [-0.3, -0.25) is 4.79 Å². The van der Waals surface area contributed by atoms with Gasteiger partial charge in [0.2, 0.25) is 11.8 Å². The van der Waals surface area contributed by atoms with Gasteiger partial charge in [-0.2, -0.15) is 4.98 Å². The molecule has 2 aromatic heterocycles. The predicted octanol–water partition coefficient (Wildman–Crippen LogP) is 4.30. The Morgan fingerprint density at radius 1 is 1.26 bits per heavy atom. The second kappa shape index (κ2) is 7.04. The number of hydrogen-bond donors (Lipinski definition) is 0. The summed E-state index contributed by atoms with van der Waals surface area (Å²) >= 11 is 1.75. The Labute approximate surface area is 164 Å². The molecule has 2 aromatic rings. The van der Waals surface area contributed by atoms with Gasteiger partial charge in [-0.15, -0.1) is 11.3 Å². The van der Waals surface area contributed by atoms with E-state index in [0.717, 1.165) is 69.8 Å². The molecule has 0 N–H and O–H groups in total. The van der Waals surface area contributed by atoms with E-state index in [1.54, 1.807) is 11.3 Å². The fourth-order valence-corrected chi connectivity index (χ4v) is 5.90. The van der Waals surface area contributed by atoms with Crippen molar-refractivity contribution in [3.63, 3.8) is 0 Å². The molecule has 27 heavy (non-hydrogen) atoms. The van der Waals surface area contributed by atoms with Crippen molar-refractivity contribution in [3.05, 3.63) is 34.1 Å². The highest BCUT2D eigenvalue weighted by Crippen LogP contribution is 2.45. The summed E-state index contributed by atoms with van der Waals surface area (Å²) in [5.41, 5.74) is -0.264. The summed E-state index contributed by atoms with van der Waals surface area (Å²) in [7, 11) is 0. The van der Waals surface area contributed by atoms with Gasteiger partial charge < -0.3 is 9.42 Å². The summed E-state index contributed by atoms with van der Waals surface area (Å²) in [6.07, 6.45) is 9.71. The van der Waals surface area contributed by atoms with Crippen LogP contribution < -0.4 is 0 Å². The molecular formula is C21H27N3O2S. The average molecular weight is 386 g/mol. The van der Waals surface area contributed by atoms with Crippen molar-refractivity contribution in [3.8, 4) is 0 Å². The van der Waals surface area contributed by atoms with Crippen molar-refractivity contribution in [2.75, 3.05) is 13.1 Å². The highest BCUT2D eigenvalue weighted by Gasteiger charge is 2.46. The van der Waals surface area contributed by atoms with Gasteiger partial charge in [-0.05, 0) is 55.9 Å². The summed E-state index contributed by atoms with van der Waals surface area (Å²) in [5.74, 6) is 2.95. The molecule has 0 bridgehead atoms. The van der Waals surface area contributed by atoms with Crippen molar-refractivity contribution < 1.29 is 9.32 Å². The lowest BCUT2D eigenvalue weighted by Crippen LogP contribution is -2.49. The van der Waals surface area contributed by atoms with E-state index in [1.165, 1.54) is 17.7 Å². The summed E-state index contributed by atoms with van der Waals surface area (Å²) in [5, 5.41) is 6.25. The molecule has 0 unspecified atom stereocenters. The maximum Gasteiger partial charge on any atom is 0.234 e. The molecule has 3 fully saturated rings.